The number of amides is 4. The van der Waals surface area contributed by atoms with Gasteiger partial charge in [-0.3, -0.25) is 9.59 Å². The van der Waals surface area contributed by atoms with E-state index in [0.29, 0.717) is 11.8 Å². The largest absolute Gasteiger partial charge is 0.465 e. The lowest BCUT2D eigenvalue weighted by Gasteiger charge is -2.31. The van der Waals surface area contributed by atoms with Crippen LogP contribution in [-0.4, -0.2) is 90.1 Å². The van der Waals surface area contributed by atoms with E-state index in [1.807, 2.05) is 37.5 Å². The summed E-state index contributed by atoms with van der Waals surface area (Å²) in [5.41, 5.74) is 10.5. The Balaban J connectivity index is 0.848. The molecule has 4 heterocycles. The number of aromatic amines is 2. The number of likely N-dealkylation sites (tertiary alicyclic amines) is 2. The van der Waals surface area contributed by atoms with Crippen LogP contribution in [0.15, 0.2) is 36.4 Å². The average molecular weight is 825 g/mol. The molecule has 316 valence electrons. The summed E-state index contributed by atoms with van der Waals surface area (Å²) in [5, 5.41) is 14.7. The molecule has 14 nitrogen and oxygen atoms in total. The van der Waals surface area contributed by atoms with Gasteiger partial charge in [-0.1, -0.05) is 51.7 Å². The second-order valence-corrected chi connectivity index (χ2v) is 18.5. The lowest BCUT2D eigenvalue weighted by Crippen LogP contribution is -2.52. The summed E-state index contributed by atoms with van der Waals surface area (Å²) >= 11 is 0. The number of hydrogen-bond donors (Lipinski definition) is 5. The number of methoxy groups -OCH3 is 1. The highest BCUT2D eigenvalue weighted by Gasteiger charge is 2.57. The number of H-pyrrole nitrogens is 2. The van der Waals surface area contributed by atoms with E-state index in [-0.39, 0.29) is 47.8 Å². The maximum absolute atomic E-state index is 13.9. The number of piperidine rings is 2. The first kappa shape index (κ1) is 39.1. The summed E-state index contributed by atoms with van der Waals surface area (Å²) in [4.78, 5) is 72.6. The van der Waals surface area contributed by atoms with E-state index >= 15 is 0 Å². The molecule has 4 fully saturated rings. The lowest BCUT2D eigenvalue weighted by atomic mass is 9.90. The minimum absolute atomic E-state index is 0.0843. The van der Waals surface area contributed by atoms with Crippen LogP contribution in [0.2, 0.25) is 0 Å². The Bertz CT molecular complexity index is 2550. The second kappa shape index (κ2) is 14.8. The Hall–Kier alpha value is -6.10. The van der Waals surface area contributed by atoms with Crippen LogP contribution in [0.1, 0.15) is 111 Å². The van der Waals surface area contributed by atoms with Crippen LogP contribution in [0, 0.1) is 35.5 Å². The van der Waals surface area contributed by atoms with Crippen molar-refractivity contribution in [3.63, 3.8) is 0 Å². The molecule has 4 aromatic rings. The third-order valence-corrected chi connectivity index (χ3v) is 13.9. The van der Waals surface area contributed by atoms with Crippen LogP contribution in [0.3, 0.4) is 0 Å². The number of carbonyl (C=O) groups is 4. The van der Waals surface area contributed by atoms with E-state index in [0.717, 1.165) is 108 Å². The zero-order valence-electron chi connectivity index (χ0n) is 35.2. The summed E-state index contributed by atoms with van der Waals surface area (Å²) in [7, 11) is 1.31. The molecule has 0 bridgehead atoms. The van der Waals surface area contributed by atoms with Gasteiger partial charge in [-0.25, -0.2) is 19.6 Å². The molecule has 8 atom stereocenters. The van der Waals surface area contributed by atoms with Gasteiger partial charge in [-0.05, 0) is 110 Å². The number of nitrogens with zero attached hydrogens (tertiary/aromatic N) is 4. The van der Waals surface area contributed by atoms with Crippen molar-refractivity contribution < 1.29 is 29.0 Å². The molecular weight excluding hydrogens is 773 g/mol. The summed E-state index contributed by atoms with van der Waals surface area (Å²) in [6.07, 6.45) is 5.08. The summed E-state index contributed by atoms with van der Waals surface area (Å²) in [6, 6.07) is 11.2. The standard InChI is InChI=1S/C47H52N8O6/c1-22(2)38(52-46(58)59)44(56)54-34-18-28(34)20-36(54)42-48-32-14-10-26-16-24(8-12-30(26)40(32)50-42)6-7-25-9-13-31-27(17-25)11-15-33-41(31)51-43(49-33)37-21-29-19-35(29)55(37)45(57)39(23(3)4)53-47(60)61-5/h8-9,12-13,16-17,22-23,28-29,34-39,52H,10-11,14-15,18-21H2,1-5H3,(H,48,50)(H,49,51)(H,53,60)(H,58,59)/t28-,29-,34-,35-,36+,37+,38+,39+/m1/s1. The summed E-state index contributed by atoms with van der Waals surface area (Å²) in [5.74, 6) is 8.76. The highest BCUT2D eigenvalue weighted by Crippen LogP contribution is 2.55. The second-order valence-electron chi connectivity index (χ2n) is 18.5. The number of fused-ring (bicyclic) bond motifs is 8. The summed E-state index contributed by atoms with van der Waals surface area (Å²) < 4.78 is 4.83. The smallest absolute Gasteiger partial charge is 0.407 e. The van der Waals surface area contributed by atoms with E-state index in [1.54, 1.807) is 0 Å². The molecule has 10 rings (SSSR count). The molecule has 4 amide bonds. The number of aryl methyl sites for hydroxylation is 4. The number of aromatic nitrogens is 4. The Morgan fingerprint density at radius 3 is 1.59 bits per heavy atom. The summed E-state index contributed by atoms with van der Waals surface area (Å²) in [6.45, 7) is 7.60. The average Bonchev–Trinajstić information content (AvgIpc) is 3.89. The van der Waals surface area contributed by atoms with E-state index in [2.05, 4.69) is 68.8 Å². The SMILES string of the molecule is COC(=O)N[C@H](C(=O)N1[C@@H]2C[C@@H]2C[C@H]1c1nc2c([nH]1)-c1ccc(C#Cc3ccc4c(c3)CCc3nc([C@@H]5C[C@H]6C[C@H]6N5C(=O)[C@@H](NC(=O)O)C(C)C)[nH]c3-4)cc1CC2)C(C)C. The highest BCUT2D eigenvalue weighted by molar-refractivity contribution is 5.88. The van der Waals surface area contributed by atoms with E-state index in [4.69, 9.17) is 14.7 Å². The van der Waals surface area contributed by atoms with Gasteiger partial charge in [0.15, 0.2) is 0 Å². The normalized spacial score (nSPS) is 24.6. The zero-order valence-corrected chi connectivity index (χ0v) is 35.2. The van der Waals surface area contributed by atoms with Crippen molar-refractivity contribution in [1.82, 2.24) is 40.4 Å². The number of hydrogen-bond acceptors (Lipinski definition) is 7. The van der Waals surface area contributed by atoms with Gasteiger partial charge in [0.25, 0.3) is 0 Å². The van der Waals surface area contributed by atoms with Crippen molar-refractivity contribution in [1.29, 1.82) is 0 Å². The van der Waals surface area contributed by atoms with Gasteiger partial charge in [0.05, 0.1) is 42.0 Å². The van der Waals surface area contributed by atoms with Gasteiger partial charge in [-0.15, -0.1) is 0 Å². The topological polar surface area (TPSA) is 186 Å². The van der Waals surface area contributed by atoms with E-state index in [1.165, 1.54) is 18.2 Å². The Labute approximate surface area is 354 Å². The third kappa shape index (κ3) is 6.91. The highest BCUT2D eigenvalue weighted by atomic mass is 16.5. The first-order chi connectivity index (χ1) is 29.4. The van der Waals surface area contributed by atoms with Gasteiger partial charge >= 0.3 is 12.2 Å². The molecule has 0 unspecified atom stereocenters. The fraction of sp³-hybridized carbons (Fsp3) is 0.489. The fourth-order valence-electron chi connectivity index (χ4n) is 10.6. The first-order valence-corrected chi connectivity index (χ1v) is 21.8. The molecule has 14 heteroatoms. The van der Waals surface area contributed by atoms with Crippen LogP contribution in [0.25, 0.3) is 22.5 Å². The number of alkyl carbamates (subject to hydrolysis) is 1. The Kier molecular flexibility index (Phi) is 9.49. The fourth-order valence-corrected chi connectivity index (χ4v) is 10.6. The van der Waals surface area contributed by atoms with Crippen molar-refractivity contribution >= 4 is 24.0 Å². The van der Waals surface area contributed by atoms with Crippen LogP contribution < -0.4 is 10.6 Å². The number of nitrogens with one attached hydrogen (secondary N) is 4. The molecule has 61 heavy (non-hydrogen) atoms. The minimum Gasteiger partial charge on any atom is -0.465 e. The molecule has 2 aliphatic heterocycles. The number of ether oxygens (including phenoxy) is 1. The number of carbonyl (C=O) groups excluding carboxylic acids is 3. The zero-order chi connectivity index (χ0) is 42.4. The van der Waals surface area contributed by atoms with Crippen molar-refractivity contribution in [3.05, 3.63) is 81.7 Å². The van der Waals surface area contributed by atoms with Crippen molar-refractivity contribution in [2.24, 2.45) is 23.7 Å². The van der Waals surface area contributed by atoms with E-state index < -0.39 is 24.3 Å². The number of imidazole rings is 2. The van der Waals surface area contributed by atoms with Gasteiger partial charge in [0, 0.05) is 34.3 Å². The van der Waals surface area contributed by atoms with Gasteiger partial charge in [0.2, 0.25) is 11.8 Å². The minimum atomic E-state index is -1.19. The van der Waals surface area contributed by atoms with Crippen LogP contribution in [-0.2, 0) is 40.0 Å². The van der Waals surface area contributed by atoms with Crippen molar-refractivity contribution in [2.45, 2.75) is 115 Å². The molecule has 2 aromatic heterocycles. The molecule has 0 radical (unpaired) electrons. The van der Waals surface area contributed by atoms with Crippen molar-refractivity contribution in [2.75, 3.05) is 7.11 Å². The molecule has 4 aliphatic carbocycles. The molecular formula is C47H52N8O6. The molecule has 5 N–H and O–H groups in total. The Morgan fingerprint density at radius 1 is 0.705 bits per heavy atom. The molecule has 2 saturated heterocycles. The van der Waals surface area contributed by atoms with E-state index in [9.17, 15) is 24.3 Å². The maximum Gasteiger partial charge on any atom is 0.407 e. The molecule has 2 aromatic carbocycles. The quantitative estimate of drug-likeness (QED) is 0.133. The number of benzene rings is 2. The van der Waals surface area contributed by atoms with Gasteiger partial charge in [0.1, 0.15) is 23.7 Å². The maximum atomic E-state index is 13.9. The third-order valence-electron chi connectivity index (χ3n) is 13.9. The number of rotatable bonds is 8. The Morgan fingerprint density at radius 2 is 1.16 bits per heavy atom. The van der Waals surface area contributed by atoms with Crippen LogP contribution in [0.4, 0.5) is 9.59 Å². The van der Waals surface area contributed by atoms with Gasteiger partial charge in [-0.2, -0.15) is 0 Å². The molecule has 2 saturated carbocycles. The van der Waals surface area contributed by atoms with Gasteiger partial charge < -0.3 is 40.2 Å². The lowest BCUT2D eigenvalue weighted by molar-refractivity contribution is -0.137. The predicted octanol–water partition coefficient (Wildman–Crippen LogP) is 6.06. The first-order valence-electron chi connectivity index (χ1n) is 21.8. The van der Waals surface area contributed by atoms with Crippen LogP contribution >= 0.6 is 0 Å². The molecule has 6 aliphatic rings. The van der Waals surface area contributed by atoms with Crippen molar-refractivity contribution in [3.8, 4) is 34.4 Å². The predicted molar refractivity (Wildman–Crippen MR) is 225 cm³/mol. The van der Waals surface area contributed by atoms with Crippen LogP contribution in [0.5, 0.6) is 0 Å². The number of carboxylic acid groups (broad SMARTS) is 1. The molecule has 0 spiro atoms. The monoisotopic (exact) mass is 824 g/mol.